The number of fused-ring (bicyclic) bond motifs is 5. The molecule has 0 radical (unpaired) electrons. The molecule has 1 aromatic rings. The lowest BCUT2D eigenvalue weighted by molar-refractivity contribution is 0.0544. The molecule has 0 amide bonds. The van der Waals surface area contributed by atoms with Gasteiger partial charge in [-0.05, 0) is 61.4 Å². The smallest absolute Gasteiger partial charge is 0.0409 e. The van der Waals surface area contributed by atoms with Gasteiger partial charge in [0.25, 0.3) is 0 Å². The number of rotatable bonds is 1. The van der Waals surface area contributed by atoms with E-state index >= 15 is 0 Å². The molecule has 3 aliphatic rings. The van der Waals surface area contributed by atoms with Crippen molar-refractivity contribution < 1.29 is 0 Å². The maximum atomic E-state index is 6.17. The van der Waals surface area contributed by atoms with Crippen LogP contribution in [0.1, 0.15) is 55.2 Å². The van der Waals surface area contributed by atoms with Crippen molar-refractivity contribution in [3.8, 4) is 0 Å². The van der Waals surface area contributed by atoms with E-state index in [1.54, 1.807) is 5.56 Å². The van der Waals surface area contributed by atoms with E-state index in [1.807, 2.05) is 0 Å². The van der Waals surface area contributed by atoms with Gasteiger partial charge in [-0.15, -0.1) is 0 Å². The van der Waals surface area contributed by atoms with Crippen molar-refractivity contribution in [2.75, 3.05) is 6.54 Å². The standard InChI is InChI=1S/C15H18ClN/c16-11-4-5-13-10-6-7-17(12-2-1-3-12)15(8-10)14(13)9-11/h4-5,9-10,12,15H,1-3,6-8H2. The Balaban J connectivity index is 1.73. The van der Waals surface area contributed by atoms with Gasteiger partial charge in [0.05, 0.1) is 0 Å². The van der Waals surface area contributed by atoms with Gasteiger partial charge < -0.3 is 0 Å². The van der Waals surface area contributed by atoms with Crippen molar-refractivity contribution >= 4 is 11.6 Å². The number of hydrogen-bond donors (Lipinski definition) is 0. The first-order chi connectivity index (χ1) is 8.33. The first-order valence-corrected chi connectivity index (χ1v) is 7.26. The number of likely N-dealkylation sites (tertiary alicyclic amines) is 1. The van der Waals surface area contributed by atoms with Gasteiger partial charge in [-0.25, -0.2) is 0 Å². The Morgan fingerprint density at radius 3 is 2.76 bits per heavy atom. The summed E-state index contributed by atoms with van der Waals surface area (Å²) < 4.78 is 0. The number of nitrogens with zero attached hydrogens (tertiary/aromatic N) is 1. The molecule has 90 valence electrons. The lowest BCUT2D eigenvalue weighted by atomic mass is 9.87. The Morgan fingerprint density at radius 1 is 1.12 bits per heavy atom. The molecular weight excluding hydrogens is 230 g/mol. The molecule has 0 aromatic heterocycles. The molecule has 17 heavy (non-hydrogen) atoms. The fourth-order valence-corrected chi connectivity index (χ4v) is 4.11. The van der Waals surface area contributed by atoms with Gasteiger partial charge in [0.1, 0.15) is 0 Å². The van der Waals surface area contributed by atoms with Crippen LogP contribution < -0.4 is 0 Å². The highest BCUT2D eigenvalue weighted by Gasteiger charge is 2.42. The Hall–Kier alpha value is -0.530. The molecule has 2 heteroatoms. The van der Waals surface area contributed by atoms with E-state index in [0.29, 0.717) is 6.04 Å². The maximum absolute atomic E-state index is 6.17. The third kappa shape index (κ3) is 1.49. The van der Waals surface area contributed by atoms with Crippen molar-refractivity contribution in [3.05, 3.63) is 34.3 Å². The fraction of sp³-hybridized carbons (Fsp3) is 0.600. The van der Waals surface area contributed by atoms with E-state index in [-0.39, 0.29) is 0 Å². The summed E-state index contributed by atoms with van der Waals surface area (Å²) in [5.74, 6) is 0.809. The molecular formula is C15H18ClN. The molecule has 2 unspecified atom stereocenters. The molecule has 2 atom stereocenters. The summed E-state index contributed by atoms with van der Waals surface area (Å²) in [5.41, 5.74) is 3.12. The zero-order valence-corrected chi connectivity index (χ0v) is 10.8. The molecule has 1 aliphatic heterocycles. The average Bonchev–Trinajstić information content (AvgIpc) is 2.54. The minimum Gasteiger partial charge on any atom is -0.293 e. The predicted octanol–water partition coefficient (Wildman–Crippen LogP) is 4.13. The first kappa shape index (κ1) is 10.4. The SMILES string of the molecule is Clc1ccc2c(c1)C1CC2CCN1C1CCC1. The minimum absolute atomic E-state index is 0.674. The van der Waals surface area contributed by atoms with Crippen LogP contribution in [0.25, 0.3) is 0 Å². The molecule has 2 bridgehead atoms. The largest absolute Gasteiger partial charge is 0.293 e. The normalized spacial score (nSPS) is 32.3. The van der Waals surface area contributed by atoms with Crippen molar-refractivity contribution in [1.29, 1.82) is 0 Å². The Morgan fingerprint density at radius 2 is 2.00 bits per heavy atom. The van der Waals surface area contributed by atoms with Crippen molar-refractivity contribution in [3.63, 3.8) is 0 Å². The Bertz CT molecular complexity index is 452. The van der Waals surface area contributed by atoms with E-state index in [1.165, 1.54) is 44.2 Å². The second kappa shape index (κ2) is 3.73. The predicted molar refractivity (Wildman–Crippen MR) is 70.5 cm³/mol. The average molecular weight is 248 g/mol. The highest BCUT2D eigenvalue weighted by molar-refractivity contribution is 6.30. The zero-order chi connectivity index (χ0) is 11.4. The lowest BCUT2D eigenvalue weighted by Crippen LogP contribution is -2.44. The molecule has 2 aliphatic carbocycles. The van der Waals surface area contributed by atoms with Crippen LogP contribution in [0.15, 0.2) is 18.2 Å². The number of piperidine rings is 1. The first-order valence-electron chi connectivity index (χ1n) is 6.88. The van der Waals surface area contributed by atoms with E-state index in [9.17, 15) is 0 Å². The summed E-state index contributed by atoms with van der Waals surface area (Å²) in [4.78, 5) is 2.77. The topological polar surface area (TPSA) is 3.24 Å². The third-order valence-corrected chi connectivity index (χ3v) is 5.27. The van der Waals surface area contributed by atoms with Crippen LogP contribution in [0.3, 0.4) is 0 Å². The van der Waals surface area contributed by atoms with Crippen LogP contribution in [0.4, 0.5) is 0 Å². The zero-order valence-electron chi connectivity index (χ0n) is 10.0. The van der Waals surface area contributed by atoms with E-state index in [0.717, 1.165) is 17.0 Å². The summed E-state index contributed by atoms with van der Waals surface area (Å²) in [6, 6.07) is 8.10. The van der Waals surface area contributed by atoms with Crippen molar-refractivity contribution in [1.82, 2.24) is 4.90 Å². The van der Waals surface area contributed by atoms with Crippen LogP contribution in [0, 0.1) is 0 Å². The molecule has 1 saturated carbocycles. The monoisotopic (exact) mass is 247 g/mol. The van der Waals surface area contributed by atoms with Crippen LogP contribution in [-0.4, -0.2) is 17.5 Å². The highest BCUT2D eigenvalue weighted by Crippen LogP contribution is 2.51. The molecule has 1 nitrogen and oxygen atoms in total. The van der Waals surface area contributed by atoms with E-state index in [4.69, 9.17) is 11.6 Å². The second-order valence-electron chi connectivity index (χ2n) is 5.83. The van der Waals surface area contributed by atoms with Crippen LogP contribution in [0.2, 0.25) is 5.02 Å². The summed E-state index contributed by atoms with van der Waals surface area (Å²) in [7, 11) is 0. The molecule has 2 fully saturated rings. The Labute approximate surface area is 108 Å². The highest BCUT2D eigenvalue weighted by atomic mass is 35.5. The third-order valence-electron chi connectivity index (χ3n) is 5.04. The molecule has 0 N–H and O–H groups in total. The fourth-order valence-electron chi connectivity index (χ4n) is 3.93. The van der Waals surface area contributed by atoms with Gasteiger partial charge in [-0.3, -0.25) is 4.90 Å². The summed E-state index contributed by atoms with van der Waals surface area (Å²) in [5, 5.41) is 0.907. The molecule has 1 saturated heterocycles. The summed E-state index contributed by atoms with van der Waals surface area (Å²) in [6.45, 7) is 1.30. The van der Waals surface area contributed by atoms with Gasteiger partial charge in [-0.2, -0.15) is 0 Å². The molecule has 1 heterocycles. The van der Waals surface area contributed by atoms with Gasteiger partial charge in [-0.1, -0.05) is 24.1 Å². The van der Waals surface area contributed by atoms with Crippen molar-refractivity contribution in [2.24, 2.45) is 0 Å². The molecule has 1 aromatic carbocycles. The summed E-state index contributed by atoms with van der Waals surface area (Å²) in [6.07, 6.45) is 6.95. The lowest BCUT2D eigenvalue weighted by Gasteiger charge is -2.44. The van der Waals surface area contributed by atoms with Gasteiger partial charge >= 0.3 is 0 Å². The maximum Gasteiger partial charge on any atom is 0.0409 e. The van der Waals surface area contributed by atoms with E-state index in [2.05, 4.69) is 23.1 Å². The molecule has 0 spiro atoms. The van der Waals surface area contributed by atoms with Crippen LogP contribution in [-0.2, 0) is 0 Å². The van der Waals surface area contributed by atoms with E-state index < -0.39 is 0 Å². The van der Waals surface area contributed by atoms with Crippen LogP contribution >= 0.6 is 11.6 Å². The van der Waals surface area contributed by atoms with Crippen molar-refractivity contribution in [2.45, 2.75) is 50.1 Å². The van der Waals surface area contributed by atoms with Gasteiger partial charge in [0.15, 0.2) is 0 Å². The quantitative estimate of drug-likeness (QED) is 0.721. The number of benzene rings is 1. The number of hydrogen-bond acceptors (Lipinski definition) is 1. The Kier molecular flexibility index (Phi) is 2.28. The summed E-state index contributed by atoms with van der Waals surface area (Å²) >= 11 is 6.17. The van der Waals surface area contributed by atoms with Gasteiger partial charge in [0, 0.05) is 17.1 Å². The minimum atomic E-state index is 0.674. The van der Waals surface area contributed by atoms with Crippen LogP contribution in [0.5, 0.6) is 0 Å². The molecule has 4 rings (SSSR count). The van der Waals surface area contributed by atoms with Gasteiger partial charge in [0.2, 0.25) is 0 Å². The second-order valence-corrected chi connectivity index (χ2v) is 6.27. The number of halogens is 1.